The van der Waals surface area contributed by atoms with Gasteiger partial charge in [0.05, 0.1) is 6.61 Å². The van der Waals surface area contributed by atoms with Gasteiger partial charge in [0.15, 0.2) is 0 Å². The first kappa shape index (κ1) is 42.2. The second-order valence-corrected chi connectivity index (χ2v) is 13.0. The summed E-state index contributed by atoms with van der Waals surface area (Å²) in [5, 5.41) is 8.77. The van der Waals surface area contributed by atoms with Crippen LogP contribution in [0.15, 0.2) is 42.5 Å². The first-order valence-electron chi connectivity index (χ1n) is 18.3. The number of carboxylic acids is 1. The van der Waals surface area contributed by atoms with Gasteiger partial charge in [-0.2, -0.15) is 12.6 Å². The summed E-state index contributed by atoms with van der Waals surface area (Å²) in [6.07, 6.45) is 35.1. The van der Waals surface area contributed by atoms with Gasteiger partial charge in [0, 0.05) is 17.4 Å². The minimum Gasteiger partial charge on any atom is -0.478 e. The maximum Gasteiger partial charge on any atom is 0.331 e. The van der Waals surface area contributed by atoms with Crippen LogP contribution < -0.4 is 0 Å². The van der Waals surface area contributed by atoms with Crippen molar-refractivity contribution in [1.29, 1.82) is 0 Å². The van der Waals surface area contributed by atoms with E-state index >= 15 is 0 Å². The second kappa shape index (κ2) is 34.1. The van der Waals surface area contributed by atoms with Gasteiger partial charge in [0.2, 0.25) is 0 Å². The molecule has 0 bridgehead atoms. The lowest BCUT2D eigenvalue weighted by atomic mass is 10.0. The number of hydrogen-bond acceptors (Lipinski definition) is 4. The molecule has 0 heterocycles. The molecule has 0 aliphatic rings. The number of thiol groups is 1. The van der Waals surface area contributed by atoms with Gasteiger partial charge in [-0.15, -0.1) is 0 Å². The summed E-state index contributed by atoms with van der Waals surface area (Å²) < 4.78 is 4.90. The lowest BCUT2D eigenvalue weighted by molar-refractivity contribution is -0.138. The molecule has 0 aliphatic carbocycles. The van der Waals surface area contributed by atoms with E-state index in [1.165, 1.54) is 153 Å². The van der Waals surface area contributed by atoms with Crippen LogP contribution in [0.25, 0.3) is 0 Å². The molecule has 44 heavy (non-hydrogen) atoms. The number of unbranched alkanes of at least 4 members (excludes halogenated alkanes) is 22. The number of carbonyl (C=O) groups excluding carboxylic acids is 1. The van der Waals surface area contributed by atoms with Crippen molar-refractivity contribution in [2.24, 2.45) is 0 Å². The Morgan fingerprint density at radius 3 is 1.41 bits per heavy atom. The van der Waals surface area contributed by atoms with Gasteiger partial charge in [-0.3, -0.25) is 0 Å². The normalized spacial score (nSPS) is 11.7. The Morgan fingerprint density at radius 2 is 1.00 bits per heavy atom. The molecule has 0 spiro atoms. The molecular formula is C39H68O4S. The van der Waals surface area contributed by atoms with Gasteiger partial charge < -0.3 is 9.84 Å². The van der Waals surface area contributed by atoms with Crippen molar-refractivity contribution in [3.63, 3.8) is 0 Å². The van der Waals surface area contributed by atoms with Crippen molar-refractivity contribution in [3.8, 4) is 0 Å². The second-order valence-electron chi connectivity index (χ2n) is 12.3. The highest BCUT2D eigenvalue weighted by Crippen LogP contribution is 2.26. The fourth-order valence-corrected chi connectivity index (χ4v) is 5.68. The van der Waals surface area contributed by atoms with Gasteiger partial charge in [-0.25, -0.2) is 9.59 Å². The molecule has 254 valence electrons. The SMILES string of the molecule is CCCCCCCCCCCCCCC(S)c1ccccc1.CCCCCCCCCCCCCCOC(=O)C=CC(=O)O. The summed E-state index contributed by atoms with van der Waals surface area (Å²) in [6, 6.07) is 10.7. The monoisotopic (exact) mass is 632 g/mol. The molecule has 1 rings (SSSR count). The van der Waals surface area contributed by atoms with Crippen LogP contribution in [0.1, 0.15) is 185 Å². The fraction of sp³-hybridized carbons (Fsp3) is 0.744. The third kappa shape index (κ3) is 31.7. The number of esters is 1. The van der Waals surface area contributed by atoms with Crippen LogP contribution in [-0.4, -0.2) is 23.7 Å². The van der Waals surface area contributed by atoms with E-state index in [-0.39, 0.29) is 0 Å². The molecule has 0 radical (unpaired) electrons. The first-order valence-corrected chi connectivity index (χ1v) is 18.8. The van der Waals surface area contributed by atoms with E-state index in [0.29, 0.717) is 11.9 Å². The average molecular weight is 633 g/mol. The summed E-state index contributed by atoms with van der Waals surface area (Å²) in [4.78, 5) is 21.3. The fourth-order valence-electron chi connectivity index (χ4n) is 5.32. The van der Waals surface area contributed by atoms with Crippen LogP contribution in [0.3, 0.4) is 0 Å². The molecule has 0 aromatic heterocycles. The average Bonchev–Trinajstić information content (AvgIpc) is 3.03. The highest BCUT2D eigenvalue weighted by Gasteiger charge is 2.05. The zero-order chi connectivity index (χ0) is 32.4. The molecule has 0 fully saturated rings. The van der Waals surface area contributed by atoms with Crippen LogP contribution in [0.2, 0.25) is 0 Å². The van der Waals surface area contributed by atoms with Gasteiger partial charge in [0.25, 0.3) is 0 Å². The van der Waals surface area contributed by atoms with Crippen LogP contribution in [0.4, 0.5) is 0 Å². The van der Waals surface area contributed by atoms with Gasteiger partial charge in [-0.05, 0) is 18.4 Å². The largest absolute Gasteiger partial charge is 0.478 e. The highest BCUT2D eigenvalue weighted by molar-refractivity contribution is 7.80. The Kier molecular flexibility index (Phi) is 32.8. The third-order valence-electron chi connectivity index (χ3n) is 8.12. The Hall–Kier alpha value is -1.75. The van der Waals surface area contributed by atoms with E-state index in [0.717, 1.165) is 25.0 Å². The van der Waals surface area contributed by atoms with E-state index in [1.807, 2.05) is 0 Å². The zero-order valence-electron chi connectivity index (χ0n) is 28.6. The van der Waals surface area contributed by atoms with E-state index in [1.54, 1.807) is 0 Å². The van der Waals surface area contributed by atoms with Crippen molar-refractivity contribution >= 4 is 24.6 Å². The first-order chi connectivity index (χ1) is 21.5. The zero-order valence-corrected chi connectivity index (χ0v) is 29.5. The summed E-state index contributed by atoms with van der Waals surface area (Å²) in [5.74, 6) is -1.72. The van der Waals surface area contributed by atoms with Gasteiger partial charge in [-0.1, -0.05) is 192 Å². The molecule has 5 heteroatoms. The lowest BCUT2D eigenvalue weighted by Gasteiger charge is -2.10. The minimum absolute atomic E-state index is 0.375. The van der Waals surface area contributed by atoms with E-state index < -0.39 is 11.9 Å². The number of hydrogen-bond donors (Lipinski definition) is 2. The summed E-state index contributed by atoms with van der Waals surface area (Å²) in [7, 11) is 0. The Labute approximate surface area is 277 Å². The minimum atomic E-state index is -1.14. The molecule has 1 aromatic carbocycles. The van der Waals surface area contributed by atoms with Crippen molar-refractivity contribution < 1.29 is 19.4 Å². The highest BCUT2D eigenvalue weighted by atomic mass is 32.1. The van der Waals surface area contributed by atoms with Gasteiger partial charge in [0.1, 0.15) is 0 Å². The van der Waals surface area contributed by atoms with E-state index in [9.17, 15) is 9.59 Å². The van der Waals surface area contributed by atoms with Crippen LogP contribution >= 0.6 is 12.6 Å². The number of benzene rings is 1. The van der Waals surface area contributed by atoms with Crippen LogP contribution in [-0.2, 0) is 14.3 Å². The molecule has 4 nitrogen and oxygen atoms in total. The molecule has 0 amide bonds. The van der Waals surface area contributed by atoms with E-state index in [4.69, 9.17) is 22.5 Å². The third-order valence-corrected chi connectivity index (χ3v) is 8.68. The standard InChI is InChI=1S/C21H36S.C18H32O4/c1-2-3-4-5-6-7-8-9-10-11-12-16-19-21(22)20-17-14-13-15-18-20;1-2-3-4-5-6-7-8-9-10-11-12-13-16-22-18(21)15-14-17(19)20/h13-15,17-18,21-22H,2-12,16,19H2,1H3;14-15H,2-13,16H2,1H3,(H,19,20). The number of ether oxygens (including phenoxy) is 1. The predicted molar refractivity (Wildman–Crippen MR) is 193 cm³/mol. The molecule has 1 aromatic rings. The van der Waals surface area contributed by atoms with Crippen molar-refractivity contribution in [1.82, 2.24) is 0 Å². The quantitative estimate of drug-likeness (QED) is 0.0399. The van der Waals surface area contributed by atoms with Crippen molar-refractivity contribution in [2.75, 3.05) is 6.61 Å². The number of carbonyl (C=O) groups is 2. The molecule has 0 saturated carbocycles. The van der Waals surface area contributed by atoms with Crippen molar-refractivity contribution in [2.45, 2.75) is 180 Å². The Morgan fingerprint density at radius 1 is 0.614 bits per heavy atom. The number of carboxylic acid groups (broad SMARTS) is 1. The van der Waals surface area contributed by atoms with Gasteiger partial charge >= 0.3 is 11.9 Å². The van der Waals surface area contributed by atoms with E-state index in [2.05, 4.69) is 44.2 Å². The summed E-state index contributed by atoms with van der Waals surface area (Å²) >= 11 is 4.73. The molecule has 1 atom stereocenters. The molecule has 1 N–H and O–H groups in total. The smallest absolute Gasteiger partial charge is 0.331 e. The summed E-state index contributed by atoms with van der Waals surface area (Å²) in [6.45, 7) is 4.91. The topological polar surface area (TPSA) is 63.6 Å². The summed E-state index contributed by atoms with van der Waals surface area (Å²) in [5.41, 5.74) is 1.37. The number of aliphatic carboxylic acids is 1. The lowest BCUT2D eigenvalue weighted by Crippen LogP contribution is -2.03. The van der Waals surface area contributed by atoms with Crippen molar-refractivity contribution in [3.05, 3.63) is 48.0 Å². The molecular weight excluding hydrogens is 564 g/mol. The number of rotatable bonds is 29. The molecule has 1 unspecified atom stereocenters. The molecule has 0 aliphatic heterocycles. The Bertz CT molecular complexity index is 780. The Balaban J connectivity index is 0.000000840. The predicted octanol–water partition coefficient (Wildman–Crippen LogP) is 12.6. The van der Waals surface area contributed by atoms with Crippen LogP contribution in [0.5, 0.6) is 0 Å². The molecule has 0 saturated heterocycles. The van der Waals surface area contributed by atoms with Crippen LogP contribution in [0, 0.1) is 0 Å². The maximum atomic E-state index is 11.1. The maximum absolute atomic E-state index is 11.1.